The van der Waals surface area contributed by atoms with Gasteiger partial charge in [0.15, 0.2) is 0 Å². The van der Waals surface area contributed by atoms with Crippen molar-refractivity contribution in [2.45, 2.75) is 11.4 Å². The first-order valence-corrected chi connectivity index (χ1v) is 6.73. The van der Waals surface area contributed by atoms with Crippen LogP contribution in [0.3, 0.4) is 0 Å². The first kappa shape index (κ1) is 12.6. The Morgan fingerprint density at radius 1 is 1.39 bits per heavy atom. The highest BCUT2D eigenvalue weighted by Gasteiger charge is 2.18. The molecule has 18 heavy (non-hydrogen) atoms. The number of sulfonamides is 1. The fourth-order valence-electron chi connectivity index (χ4n) is 1.49. The fraction of sp³-hybridized carbons (Fsp3) is 0.182. The lowest BCUT2D eigenvalue weighted by atomic mass is 10.3. The highest BCUT2D eigenvalue weighted by Crippen LogP contribution is 2.21. The molecule has 7 heteroatoms. The molecule has 0 amide bonds. The number of para-hydroxylation sites is 1. The summed E-state index contributed by atoms with van der Waals surface area (Å²) in [7, 11) is -1.96. The Hall–Kier alpha value is -1.86. The Labute approximate surface area is 105 Å². The maximum atomic E-state index is 12.0. The number of nitrogens with zero attached hydrogens (tertiary/aromatic N) is 2. The summed E-state index contributed by atoms with van der Waals surface area (Å²) < 4.78 is 28.0. The number of hydrogen-bond acceptors (Lipinski definition) is 4. The number of nitrogens with one attached hydrogen (secondary N) is 1. The topological polar surface area (TPSA) is 84.2 Å². The summed E-state index contributed by atoms with van der Waals surface area (Å²) >= 11 is 0. The number of hydrogen-bond donors (Lipinski definition) is 2. The molecule has 0 radical (unpaired) electrons. The minimum Gasteiger partial charge on any atom is -0.507 e. The molecule has 0 bridgehead atoms. The lowest BCUT2D eigenvalue weighted by molar-refractivity contribution is 0.458. The molecule has 0 unspecified atom stereocenters. The fourth-order valence-corrected chi connectivity index (χ4v) is 2.56. The van der Waals surface area contributed by atoms with E-state index in [0.29, 0.717) is 5.82 Å². The van der Waals surface area contributed by atoms with Gasteiger partial charge in [-0.2, -0.15) is 0 Å². The molecule has 6 nitrogen and oxygen atoms in total. The van der Waals surface area contributed by atoms with E-state index in [-0.39, 0.29) is 17.2 Å². The van der Waals surface area contributed by atoms with Crippen molar-refractivity contribution < 1.29 is 13.5 Å². The van der Waals surface area contributed by atoms with Gasteiger partial charge in [0.2, 0.25) is 10.0 Å². The van der Waals surface area contributed by atoms with E-state index in [1.165, 1.54) is 12.1 Å². The van der Waals surface area contributed by atoms with Crippen molar-refractivity contribution in [2.75, 3.05) is 0 Å². The van der Waals surface area contributed by atoms with E-state index in [9.17, 15) is 13.5 Å². The number of aryl methyl sites for hydroxylation is 1. The van der Waals surface area contributed by atoms with Crippen molar-refractivity contribution in [2.24, 2.45) is 7.05 Å². The van der Waals surface area contributed by atoms with Gasteiger partial charge in [0.1, 0.15) is 16.5 Å². The second-order valence-electron chi connectivity index (χ2n) is 3.75. The van der Waals surface area contributed by atoms with Gasteiger partial charge in [-0.25, -0.2) is 18.1 Å². The van der Waals surface area contributed by atoms with E-state index in [1.54, 1.807) is 36.1 Å². The van der Waals surface area contributed by atoms with Crippen LogP contribution < -0.4 is 4.72 Å². The summed E-state index contributed by atoms with van der Waals surface area (Å²) in [4.78, 5) is 3.87. The van der Waals surface area contributed by atoms with Crippen LogP contribution in [0.15, 0.2) is 41.6 Å². The van der Waals surface area contributed by atoms with Crippen molar-refractivity contribution in [1.82, 2.24) is 14.3 Å². The second kappa shape index (κ2) is 4.79. The van der Waals surface area contributed by atoms with Crippen molar-refractivity contribution in [3.05, 3.63) is 42.5 Å². The molecule has 96 valence electrons. The second-order valence-corrected chi connectivity index (χ2v) is 5.48. The van der Waals surface area contributed by atoms with Gasteiger partial charge in [-0.3, -0.25) is 0 Å². The first-order chi connectivity index (χ1) is 8.50. The van der Waals surface area contributed by atoms with Crippen LogP contribution in [0.4, 0.5) is 0 Å². The van der Waals surface area contributed by atoms with E-state index in [0.717, 1.165) is 0 Å². The average molecular weight is 267 g/mol. The predicted octanol–water partition coefficient (Wildman–Crippen LogP) is 0.604. The Balaban J connectivity index is 2.19. The third-order valence-electron chi connectivity index (χ3n) is 2.50. The van der Waals surface area contributed by atoms with Gasteiger partial charge in [0.25, 0.3) is 0 Å². The van der Waals surface area contributed by atoms with Gasteiger partial charge in [0, 0.05) is 19.4 Å². The van der Waals surface area contributed by atoms with Gasteiger partial charge in [-0.1, -0.05) is 12.1 Å². The highest BCUT2D eigenvalue weighted by atomic mass is 32.2. The van der Waals surface area contributed by atoms with Crippen LogP contribution in [0.25, 0.3) is 0 Å². The lowest BCUT2D eigenvalue weighted by Gasteiger charge is -2.08. The van der Waals surface area contributed by atoms with Crippen LogP contribution in [0.1, 0.15) is 5.82 Å². The van der Waals surface area contributed by atoms with Crippen LogP contribution in [0.5, 0.6) is 5.75 Å². The van der Waals surface area contributed by atoms with Gasteiger partial charge in [-0.05, 0) is 12.1 Å². The summed E-state index contributed by atoms with van der Waals surface area (Å²) in [5.41, 5.74) is 0. The molecule has 1 aromatic heterocycles. The molecule has 0 atom stereocenters. The first-order valence-electron chi connectivity index (χ1n) is 5.24. The van der Waals surface area contributed by atoms with Crippen molar-refractivity contribution >= 4 is 10.0 Å². The smallest absolute Gasteiger partial charge is 0.244 e. The molecule has 0 fully saturated rings. The minimum absolute atomic E-state index is 0.0696. The van der Waals surface area contributed by atoms with Gasteiger partial charge in [0.05, 0.1) is 6.54 Å². The molecule has 2 rings (SSSR count). The maximum Gasteiger partial charge on any atom is 0.244 e. The quantitative estimate of drug-likeness (QED) is 0.849. The zero-order chi connectivity index (χ0) is 13.2. The number of aromatic hydroxyl groups is 1. The molecule has 0 spiro atoms. The van der Waals surface area contributed by atoms with Gasteiger partial charge in [-0.15, -0.1) is 0 Å². The summed E-state index contributed by atoms with van der Waals surface area (Å²) in [6, 6.07) is 5.79. The zero-order valence-electron chi connectivity index (χ0n) is 9.74. The average Bonchev–Trinajstić information content (AvgIpc) is 2.73. The largest absolute Gasteiger partial charge is 0.507 e. The molecule has 0 saturated carbocycles. The minimum atomic E-state index is -3.74. The van der Waals surface area contributed by atoms with E-state index in [1.807, 2.05) is 0 Å². The molecule has 0 aliphatic rings. The number of rotatable bonds is 4. The number of phenolic OH excluding ortho intramolecular Hbond substituents is 1. The number of benzene rings is 1. The van der Waals surface area contributed by atoms with Crippen molar-refractivity contribution in [1.29, 1.82) is 0 Å². The van der Waals surface area contributed by atoms with Gasteiger partial charge < -0.3 is 9.67 Å². The third kappa shape index (κ3) is 2.52. The summed E-state index contributed by atoms with van der Waals surface area (Å²) in [5, 5.41) is 9.52. The summed E-state index contributed by atoms with van der Waals surface area (Å²) in [6.45, 7) is 0.0696. The standard InChI is InChI=1S/C11H13N3O3S/c1-14-7-6-12-11(14)8-13-18(16,17)10-5-3-2-4-9(10)15/h2-7,13,15H,8H2,1H3. The maximum absolute atomic E-state index is 12.0. The summed E-state index contributed by atoms with van der Waals surface area (Å²) in [6.07, 6.45) is 3.31. The van der Waals surface area contributed by atoms with E-state index < -0.39 is 10.0 Å². The number of imidazole rings is 1. The molecule has 2 aromatic rings. The van der Waals surface area contributed by atoms with Crippen LogP contribution in [0.2, 0.25) is 0 Å². The molecule has 0 aliphatic heterocycles. The lowest BCUT2D eigenvalue weighted by Crippen LogP contribution is -2.24. The van der Waals surface area contributed by atoms with E-state index >= 15 is 0 Å². The number of phenols is 1. The molecule has 1 heterocycles. The van der Waals surface area contributed by atoms with Crippen molar-refractivity contribution in [3.63, 3.8) is 0 Å². The predicted molar refractivity (Wildman–Crippen MR) is 65.3 cm³/mol. The third-order valence-corrected chi connectivity index (χ3v) is 3.94. The zero-order valence-corrected chi connectivity index (χ0v) is 10.6. The highest BCUT2D eigenvalue weighted by molar-refractivity contribution is 7.89. The Bertz CT molecular complexity index is 649. The Kier molecular flexibility index (Phi) is 3.35. The molecular weight excluding hydrogens is 254 g/mol. The molecule has 2 N–H and O–H groups in total. The molecule has 0 saturated heterocycles. The van der Waals surface area contributed by atoms with E-state index in [4.69, 9.17) is 0 Å². The van der Waals surface area contributed by atoms with Crippen LogP contribution in [-0.2, 0) is 23.6 Å². The normalized spacial score (nSPS) is 11.6. The molecule has 0 aliphatic carbocycles. The molecular formula is C11H13N3O3S. The molecule has 1 aromatic carbocycles. The van der Waals surface area contributed by atoms with Crippen LogP contribution >= 0.6 is 0 Å². The SMILES string of the molecule is Cn1ccnc1CNS(=O)(=O)c1ccccc1O. The summed E-state index contributed by atoms with van der Waals surface area (Å²) in [5.74, 6) is 0.318. The van der Waals surface area contributed by atoms with Crippen molar-refractivity contribution in [3.8, 4) is 5.75 Å². The van der Waals surface area contributed by atoms with Gasteiger partial charge >= 0.3 is 0 Å². The van der Waals surface area contributed by atoms with Crippen LogP contribution in [0, 0.1) is 0 Å². The Morgan fingerprint density at radius 3 is 2.72 bits per heavy atom. The van der Waals surface area contributed by atoms with E-state index in [2.05, 4.69) is 9.71 Å². The Morgan fingerprint density at radius 2 is 2.11 bits per heavy atom. The monoisotopic (exact) mass is 267 g/mol. The number of aromatic nitrogens is 2. The van der Waals surface area contributed by atoms with Crippen LogP contribution in [-0.4, -0.2) is 23.1 Å².